The van der Waals surface area contributed by atoms with E-state index in [2.05, 4.69) is 18.2 Å². The van der Waals surface area contributed by atoms with Crippen LogP contribution >= 0.6 is 0 Å². The minimum Gasteiger partial charge on any atom is -0.436 e. The number of nitriles is 1. The maximum atomic E-state index is 14.7. The Balaban J connectivity index is 1.30. The van der Waals surface area contributed by atoms with Crippen molar-refractivity contribution < 1.29 is 14.0 Å². The number of nitrogens with zero attached hydrogens (tertiary/aromatic N) is 3. The summed E-state index contributed by atoms with van der Waals surface area (Å²) < 4.78 is 6.51. The average molecular weight is 622 g/mol. The Kier molecular flexibility index (Phi) is 6.18. The van der Waals surface area contributed by atoms with Gasteiger partial charge in [0.2, 0.25) is 17.7 Å². The fourth-order valence-electron chi connectivity index (χ4n) is 8.33. The third-order valence-corrected chi connectivity index (χ3v) is 10.2. The van der Waals surface area contributed by atoms with E-state index in [-0.39, 0.29) is 23.6 Å². The highest BCUT2D eigenvalue weighted by atomic mass is 16.4. The molecule has 1 saturated heterocycles. The molecule has 1 fully saturated rings. The fourth-order valence-corrected chi connectivity index (χ4v) is 8.33. The van der Waals surface area contributed by atoms with Crippen molar-refractivity contribution in [3.8, 4) is 28.5 Å². The number of carbonyl (C=O) groups is 2. The summed E-state index contributed by atoms with van der Waals surface area (Å²) in [6.07, 6.45) is 1.78. The van der Waals surface area contributed by atoms with Gasteiger partial charge < -0.3 is 4.42 Å². The second-order valence-corrected chi connectivity index (χ2v) is 12.5. The molecule has 6 aromatic rings. The van der Waals surface area contributed by atoms with Crippen LogP contribution in [-0.4, -0.2) is 18.0 Å². The number of anilines is 1. The molecule has 10 rings (SSSR count). The molecule has 2 bridgehead atoms. The van der Waals surface area contributed by atoms with Gasteiger partial charge in [0.05, 0.1) is 22.9 Å². The van der Waals surface area contributed by atoms with Crippen LogP contribution in [0, 0.1) is 23.2 Å². The lowest BCUT2D eigenvalue weighted by molar-refractivity contribution is -0.122. The first-order valence-corrected chi connectivity index (χ1v) is 16.0. The maximum absolute atomic E-state index is 14.7. The standard InChI is InChI=1S/C42H27N3O3/c43-24-31-34(26-14-4-1-5-15-26)38(27-16-6-2-7-17-27)48-39(31)44-25-42-32-22-12-10-20-29(32)35(30-21-11-13-23-33(30)42)36-37(42)41(47)45(40(36)46)28-18-8-3-9-19-28/h1-23,25,35-37H/t35?,36-,37-,42?/m0/s1. The van der Waals surface area contributed by atoms with Crippen LogP contribution < -0.4 is 4.90 Å². The highest BCUT2D eigenvalue weighted by Crippen LogP contribution is 2.64. The van der Waals surface area contributed by atoms with Crippen molar-refractivity contribution in [3.05, 3.63) is 167 Å². The average Bonchev–Trinajstić information content (AvgIpc) is 3.66. The molecule has 3 aliphatic carbocycles. The van der Waals surface area contributed by atoms with E-state index in [1.165, 1.54) is 4.90 Å². The molecule has 0 radical (unpaired) electrons. The first-order valence-electron chi connectivity index (χ1n) is 16.0. The van der Waals surface area contributed by atoms with E-state index in [9.17, 15) is 14.9 Å². The molecule has 48 heavy (non-hydrogen) atoms. The Hall–Kier alpha value is -6.32. The molecule has 0 spiro atoms. The van der Waals surface area contributed by atoms with Gasteiger partial charge in [-0.15, -0.1) is 0 Å². The first kappa shape index (κ1) is 27.9. The van der Waals surface area contributed by atoms with E-state index in [1.807, 2.05) is 115 Å². The lowest BCUT2D eigenvalue weighted by atomic mass is 9.47. The van der Waals surface area contributed by atoms with Gasteiger partial charge in [-0.3, -0.25) is 9.59 Å². The van der Waals surface area contributed by atoms with Gasteiger partial charge >= 0.3 is 0 Å². The largest absolute Gasteiger partial charge is 0.436 e. The number of aliphatic imine (C=N–C) groups is 1. The van der Waals surface area contributed by atoms with Crippen LogP contribution in [0.25, 0.3) is 22.5 Å². The highest BCUT2D eigenvalue weighted by Gasteiger charge is 2.68. The summed E-state index contributed by atoms with van der Waals surface area (Å²) in [6.45, 7) is 0. The van der Waals surface area contributed by atoms with Crippen molar-refractivity contribution in [2.75, 3.05) is 4.90 Å². The van der Waals surface area contributed by atoms with Gasteiger partial charge in [0.1, 0.15) is 17.4 Å². The van der Waals surface area contributed by atoms with Crippen molar-refractivity contribution in [2.24, 2.45) is 16.8 Å². The number of furan rings is 1. The summed E-state index contributed by atoms with van der Waals surface area (Å²) in [6, 6.07) is 47.0. The van der Waals surface area contributed by atoms with Crippen LogP contribution in [0.1, 0.15) is 33.7 Å². The SMILES string of the molecule is N#Cc1c(N=CC23c4ccccc4C(c4ccccc42)[C@@H]2C(=O)N(c4ccccc4)C(=O)[C@H]23)oc(-c2ccccc2)c1-c1ccccc1. The van der Waals surface area contributed by atoms with Crippen LogP contribution in [0.3, 0.4) is 0 Å². The predicted molar refractivity (Wildman–Crippen MR) is 184 cm³/mol. The highest BCUT2D eigenvalue weighted by molar-refractivity contribution is 6.25. The van der Waals surface area contributed by atoms with Gasteiger partial charge in [-0.05, 0) is 39.9 Å². The van der Waals surface area contributed by atoms with Crippen LogP contribution in [0.15, 0.2) is 149 Å². The summed E-state index contributed by atoms with van der Waals surface area (Å²) in [5.74, 6) is -1.43. The smallest absolute Gasteiger partial charge is 0.239 e. The zero-order chi connectivity index (χ0) is 32.4. The molecule has 6 heteroatoms. The molecule has 1 aliphatic heterocycles. The molecule has 2 heterocycles. The van der Waals surface area contributed by atoms with Crippen molar-refractivity contribution in [1.82, 2.24) is 0 Å². The van der Waals surface area contributed by atoms with E-state index in [4.69, 9.17) is 9.41 Å². The lowest BCUT2D eigenvalue weighted by Crippen LogP contribution is -2.54. The Morgan fingerprint density at radius 1 is 0.688 bits per heavy atom. The topological polar surface area (TPSA) is 86.7 Å². The molecule has 0 unspecified atom stereocenters. The van der Waals surface area contributed by atoms with Gasteiger partial charge in [-0.25, -0.2) is 9.89 Å². The quantitative estimate of drug-likeness (QED) is 0.143. The summed E-state index contributed by atoms with van der Waals surface area (Å²) >= 11 is 0. The number of hydrogen-bond donors (Lipinski definition) is 0. The van der Waals surface area contributed by atoms with Gasteiger partial charge in [0.25, 0.3) is 0 Å². The van der Waals surface area contributed by atoms with Gasteiger partial charge in [0, 0.05) is 23.3 Å². The van der Waals surface area contributed by atoms with Gasteiger partial charge in [0.15, 0.2) is 0 Å². The second kappa shape index (κ2) is 10.6. The maximum Gasteiger partial charge on any atom is 0.239 e. The third kappa shape index (κ3) is 3.76. The van der Waals surface area contributed by atoms with Crippen LogP contribution in [-0.2, 0) is 15.0 Å². The molecule has 5 aromatic carbocycles. The van der Waals surface area contributed by atoms with E-state index >= 15 is 0 Å². The van der Waals surface area contributed by atoms with Crippen molar-refractivity contribution in [1.29, 1.82) is 5.26 Å². The molecule has 0 N–H and O–H groups in total. The summed E-state index contributed by atoms with van der Waals surface area (Å²) in [7, 11) is 0. The first-order chi connectivity index (χ1) is 23.6. The minimum absolute atomic E-state index is 0.153. The van der Waals surface area contributed by atoms with E-state index in [0.717, 1.165) is 33.4 Å². The summed E-state index contributed by atoms with van der Waals surface area (Å²) in [5.41, 5.74) is 5.96. The zero-order valence-electron chi connectivity index (χ0n) is 25.7. The van der Waals surface area contributed by atoms with Crippen molar-refractivity contribution in [3.63, 3.8) is 0 Å². The number of hydrogen-bond acceptors (Lipinski definition) is 5. The van der Waals surface area contributed by atoms with Crippen LogP contribution in [0.4, 0.5) is 11.6 Å². The molecule has 2 atom stereocenters. The molecular formula is C42H27N3O3. The Morgan fingerprint density at radius 3 is 1.83 bits per heavy atom. The number of rotatable bonds is 5. The predicted octanol–water partition coefficient (Wildman–Crippen LogP) is 8.44. The molecule has 0 saturated carbocycles. The molecule has 228 valence electrons. The number of amides is 2. The number of imide groups is 1. The number of benzene rings is 5. The monoisotopic (exact) mass is 621 g/mol. The van der Waals surface area contributed by atoms with E-state index in [0.29, 0.717) is 22.6 Å². The normalized spacial score (nSPS) is 22.0. The Bertz CT molecular complexity index is 2270. The molecule has 4 aliphatic rings. The molecule has 2 amide bonds. The molecule has 6 nitrogen and oxygen atoms in total. The minimum atomic E-state index is -1.10. The summed E-state index contributed by atoms with van der Waals surface area (Å²) in [4.78, 5) is 35.5. The van der Waals surface area contributed by atoms with Crippen LogP contribution in [0.5, 0.6) is 0 Å². The molecule has 1 aromatic heterocycles. The Labute approximate surface area is 277 Å². The van der Waals surface area contributed by atoms with Crippen molar-refractivity contribution >= 4 is 29.6 Å². The lowest BCUT2D eigenvalue weighted by Gasteiger charge is -2.52. The number of carbonyl (C=O) groups excluding carboxylic acids is 2. The van der Waals surface area contributed by atoms with Crippen LogP contribution in [0.2, 0.25) is 0 Å². The zero-order valence-corrected chi connectivity index (χ0v) is 25.7. The van der Waals surface area contributed by atoms with Crippen molar-refractivity contribution in [2.45, 2.75) is 11.3 Å². The fraction of sp³-hybridized carbons (Fsp3) is 0.0952. The second-order valence-electron chi connectivity index (χ2n) is 12.5. The van der Waals surface area contributed by atoms with E-state index in [1.54, 1.807) is 18.3 Å². The van der Waals surface area contributed by atoms with Gasteiger partial charge in [-0.1, -0.05) is 127 Å². The summed E-state index contributed by atoms with van der Waals surface area (Å²) in [5, 5.41) is 10.6. The Morgan fingerprint density at radius 2 is 1.23 bits per heavy atom. The van der Waals surface area contributed by atoms with Gasteiger partial charge in [-0.2, -0.15) is 5.26 Å². The van der Waals surface area contributed by atoms with E-state index < -0.39 is 17.3 Å². The third-order valence-electron chi connectivity index (χ3n) is 10.2. The number of para-hydroxylation sites is 1. The molecular weight excluding hydrogens is 594 g/mol.